The number of aromatic amines is 1. The molecule has 0 unspecified atom stereocenters. The fraction of sp³-hybridized carbons (Fsp3) is 0.400. The molecule has 0 saturated carbocycles. The molecule has 2 aromatic rings. The van der Waals surface area contributed by atoms with Crippen molar-refractivity contribution in [1.29, 1.82) is 0 Å². The number of fused-ring (bicyclic) bond motifs is 1. The first-order valence-corrected chi connectivity index (χ1v) is 6.68. The number of nitrogens with one attached hydrogen (secondary N) is 1. The van der Waals surface area contributed by atoms with Gasteiger partial charge in [0.15, 0.2) is 11.3 Å². The molecule has 6 heteroatoms. The highest BCUT2D eigenvalue weighted by Gasteiger charge is 2.09. The number of benzene rings is 1. The molecule has 6 nitrogen and oxygen atoms in total. The van der Waals surface area contributed by atoms with Gasteiger partial charge in [-0.25, -0.2) is 0 Å². The highest BCUT2D eigenvalue weighted by Crippen LogP contribution is 2.22. The van der Waals surface area contributed by atoms with Crippen molar-refractivity contribution in [3.05, 3.63) is 34.5 Å². The van der Waals surface area contributed by atoms with E-state index in [1.807, 2.05) is 50.1 Å². The van der Waals surface area contributed by atoms with Gasteiger partial charge in [-0.2, -0.15) is 0 Å². The van der Waals surface area contributed by atoms with Gasteiger partial charge < -0.3 is 14.5 Å². The van der Waals surface area contributed by atoms with Crippen LogP contribution in [0.2, 0.25) is 0 Å². The molecule has 0 fully saturated rings. The van der Waals surface area contributed by atoms with Gasteiger partial charge in [-0.3, -0.25) is 14.6 Å². The first-order valence-electron chi connectivity index (χ1n) is 6.68. The number of nitrogens with zero attached hydrogens (tertiary/aromatic N) is 2. The third kappa shape index (κ3) is 3.96. The Bertz CT molecular complexity index is 665. The summed E-state index contributed by atoms with van der Waals surface area (Å²) in [6.45, 7) is 0.815. The lowest BCUT2D eigenvalue weighted by atomic mass is 10.2. The zero-order chi connectivity index (χ0) is 15.4. The number of hydrogen-bond acceptors (Lipinski definition) is 5. The number of aromatic nitrogens is 1. The molecule has 114 valence electrons. The SMILES string of the molecule is CN(C)COc1cc(=O)c2c(OCN(C)C)cccc2[nH]1. The molecule has 0 aliphatic rings. The van der Waals surface area contributed by atoms with Crippen LogP contribution in [-0.2, 0) is 0 Å². The standard InChI is InChI=1S/C15H21N3O3/c1-17(2)9-20-13-7-5-6-11-15(13)12(19)8-14(16-11)21-10-18(3)4/h5-8H,9-10H2,1-4H3,(H,16,19). The molecule has 0 spiro atoms. The van der Waals surface area contributed by atoms with Crippen molar-refractivity contribution >= 4 is 10.9 Å². The van der Waals surface area contributed by atoms with Crippen molar-refractivity contribution in [2.75, 3.05) is 41.7 Å². The van der Waals surface area contributed by atoms with Crippen LogP contribution in [0.5, 0.6) is 11.6 Å². The molecule has 2 rings (SSSR count). The van der Waals surface area contributed by atoms with Crippen molar-refractivity contribution in [1.82, 2.24) is 14.8 Å². The Morgan fingerprint density at radius 3 is 2.38 bits per heavy atom. The molecule has 1 aromatic heterocycles. The second-order valence-corrected chi connectivity index (χ2v) is 5.38. The van der Waals surface area contributed by atoms with E-state index in [9.17, 15) is 4.79 Å². The zero-order valence-electron chi connectivity index (χ0n) is 12.8. The van der Waals surface area contributed by atoms with Crippen LogP contribution in [0.3, 0.4) is 0 Å². The van der Waals surface area contributed by atoms with Crippen LogP contribution in [0, 0.1) is 0 Å². The molecule has 0 amide bonds. The average molecular weight is 291 g/mol. The maximum Gasteiger partial charge on any atom is 0.196 e. The average Bonchev–Trinajstić information content (AvgIpc) is 2.42. The number of pyridine rings is 1. The zero-order valence-corrected chi connectivity index (χ0v) is 12.8. The molecule has 1 aromatic carbocycles. The van der Waals surface area contributed by atoms with Gasteiger partial charge in [0, 0.05) is 6.07 Å². The molecule has 0 saturated heterocycles. The lowest BCUT2D eigenvalue weighted by molar-refractivity contribution is 0.173. The van der Waals surface area contributed by atoms with Gasteiger partial charge in [-0.1, -0.05) is 6.07 Å². The van der Waals surface area contributed by atoms with Crippen molar-refractivity contribution in [2.24, 2.45) is 0 Å². The maximum atomic E-state index is 12.3. The van der Waals surface area contributed by atoms with E-state index < -0.39 is 0 Å². The molecule has 0 aliphatic heterocycles. The van der Waals surface area contributed by atoms with E-state index in [0.29, 0.717) is 36.0 Å². The molecule has 1 heterocycles. The lowest BCUT2D eigenvalue weighted by Gasteiger charge is -2.14. The molecule has 0 aliphatic carbocycles. The summed E-state index contributed by atoms with van der Waals surface area (Å²) in [5.74, 6) is 1.02. The van der Waals surface area contributed by atoms with Gasteiger partial charge in [0.1, 0.15) is 19.2 Å². The lowest BCUT2D eigenvalue weighted by Crippen LogP contribution is -2.20. The van der Waals surface area contributed by atoms with E-state index in [1.54, 1.807) is 6.07 Å². The van der Waals surface area contributed by atoms with E-state index in [0.717, 1.165) is 0 Å². The summed E-state index contributed by atoms with van der Waals surface area (Å²) in [5, 5.41) is 0.538. The number of H-pyrrole nitrogens is 1. The highest BCUT2D eigenvalue weighted by molar-refractivity contribution is 5.85. The third-order valence-electron chi connectivity index (χ3n) is 2.75. The third-order valence-corrected chi connectivity index (χ3v) is 2.75. The Morgan fingerprint density at radius 1 is 1.05 bits per heavy atom. The van der Waals surface area contributed by atoms with Crippen LogP contribution in [0.4, 0.5) is 0 Å². The summed E-state index contributed by atoms with van der Waals surface area (Å²) in [6, 6.07) is 6.93. The minimum absolute atomic E-state index is 0.119. The fourth-order valence-corrected chi connectivity index (χ4v) is 1.84. The molecule has 21 heavy (non-hydrogen) atoms. The summed E-state index contributed by atoms with van der Waals surface area (Å²) < 4.78 is 11.2. The predicted octanol–water partition coefficient (Wildman–Crippen LogP) is 1.32. The van der Waals surface area contributed by atoms with Crippen molar-refractivity contribution < 1.29 is 9.47 Å². The molecular formula is C15H21N3O3. The highest BCUT2D eigenvalue weighted by atomic mass is 16.5. The molecular weight excluding hydrogens is 270 g/mol. The largest absolute Gasteiger partial charge is 0.477 e. The molecule has 0 atom stereocenters. The maximum absolute atomic E-state index is 12.3. The Labute approximate surface area is 123 Å². The minimum Gasteiger partial charge on any atom is -0.477 e. The van der Waals surface area contributed by atoms with Crippen molar-refractivity contribution in [2.45, 2.75) is 0 Å². The Morgan fingerprint density at radius 2 is 1.71 bits per heavy atom. The Balaban J connectivity index is 2.35. The minimum atomic E-state index is -0.119. The van der Waals surface area contributed by atoms with Gasteiger partial charge in [0.25, 0.3) is 0 Å². The van der Waals surface area contributed by atoms with E-state index >= 15 is 0 Å². The van der Waals surface area contributed by atoms with Gasteiger partial charge in [-0.15, -0.1) is 0 Å². The van der Waals surface area contributed by atoms with Crippen molar-refractivity contribution in [3.8, 4) is 11.6 Å². The van der Waals surface area contributed by atoms with Gasteiger partial charge in [0.05, 0.1) is 10.9 Å². The van der Waals surface area contributed by atoms with Gasteiger partial charge >= 0.3 is 0 Å². The normalized spacial score (nSPS) is 11.3. The smallest absolute Gasteiger partial charge is 0.196 e. The molecule has 0 bridgehead atoms. The summed E-state index contributed by atoms with van der Waals surface area (Å²) in [7, 11) is 7.60. The van der Waals surface area contributed by atoms with Crippen LogP contribution in [0.1, 0.15) is 0 Å². The van der Waals surface area contributed by atoms with E-state index in [2.05, 4.69) is 4.98 Å². The van der Waals surface area contributed by atoms with E-state index in [1.165, 1.54) is 6.07 Å². The second kappa shape index (κ2) is 6.60. The molecule has 1 N–H and O–H groups in total. The summed E-state index contributed by atoms with van der Waals surface area (Å²) in [6.07, 6.45) is 0. The first kappa shape index (κ1) is 15.3. The van der Waals surface area contributed by atoms with E-state index in [4.69, 9.17) is 9.47 Å². The van der Waals surface area contributed by atoms with Crippen LogP contribution in [-0.4, -0.2) is 56.4 Å². The van der Waals surface area contributed by atoms with Crippen LogP contribution in [0.25, 0.3) is 10.9 Å². The second-order valence-electron chi connectivity index (χ2n) is 5.38. The summed E-state index contributed by atoms with van der Waals surface area (Å²) in [5.41, 5.74) is 0.583. The topological polar surface area (TPSA) is 57.8 Å². The predicted molar refractivity (Wildman–Crippen MR) is 82.9 cm³/mol. The summed E-state index contributed by atoms with van der Waals surface area (Å²) >= 11 is 0. The molecule has 0 radical (unpaired) electrons. The Kier molecular flexibility index (Phi) is 4.82. The van der Waals surface area contributed by atoms with Gasteiger partial charge in [0.2, 0.25) is 0 Å². The number of rotatable bonds is 6. The van der Waals surface area contributed by atoms with E-state index in [-0.39, 0.29) is 5.43 Å². The number of hydrogen-bond donors (Lipinski definition) is 1. The monoisotopic (exact) mass is 291 g/mol. The quantitative estimate of drug-likeness (QED) is 0.814. The van der Waals surface area contributed by atoms with Crippen LogP contribution < -0.4 is 14.9 Å². The van der Waals surface area contributed by atoms with Crippen LogP contribution in [0.15, 0.2) is 29.1 Å². The summed E-state index contributed by atoms with van der Waals surface area (Å²) in [4.78, 5) is 19.2. The first-order chi connectivity index (χ1) is 9.97. The fourth-order valence-electron chi connectivity index (χ4n) is 1.84. The van der Waals surface area contributed by atoms with Crippen molar-refractivity contribution in [3.63, 3.8) is 0 Å². The number of ether oxygens (including phenoxy) is 2. The Hall–Kier alpha value is -2.05. The van der Waals surface area contributed by atoms with Crippen LogP contribution >= 0.6 is 0 Å². The van der Waals surface area contributed by atoms with Gasteiger partial charge in [-0.05, 0) is 40.3 Å².